The van der Waals surface area contributed by atoms with Gasteiger partial charge in [-0.05, 0) is 74.2 Å². The van der Waals surface area contributed by atoms with Crippen LogP contribution in [0.15, 0.2) is 33.1 Å². The van der Waals surface area contributed by atoms with E-state index in [4.69, 9.17) is 8.83 Å². The number of aryl methyl sites for hydroxylation is 4. The third-order valence-corrected chi connectivity index (χ3v) is 4.41. The molecule has 0 bridgehead atoms. The molecule has 4 rings (SSSR count). The molecule has 24 heavy (non-hydrogen) atoms. The number of fused-ring (bicyclic) bond motifs is 2. The van der Waals surface area contributed by atoms with Crippen LogP contribution in [0.4, 0.5) is 0 Å². The van der Waals surface area contributed by atoms with Gasteiger partial charge >= 0.3 is 0 Å². The average Bonchev–Trinajstić information content (AvgIpc) is 3.09. The van der Waals surface area contributed by atoms with Gasteiger partial charge in [0.1, 0.15) is 11.0 Å². The van der Waals surface area contributed by atoms with Crippen LogP contribution in [0.2, 0.25) is 0 Å². The molecular formula is C20H18N2O2. The normalized spacial score (nSPS) is 12.0. The zero-order chi connectivity index (χ0) is 16.8. The molecule has 0 aliphatic carbocycles. The van der Waals surface area contributed by atoms with E-state index in [-0.39, 0.29) is 0 Å². The van der Waals surface area contributed by atoms with E-state index in [0.29, 0.717) is 11.8 Å². The highest BCUT2D eigenvalue weighted by molar-refractivity contribution is 5.79. The van der Waals surface area contributed by atoms with Crippen molar-refractivity contribution in [3.63, 3.8) is 0 Å². The van der Waals surface area contributed by atoms with Crippen LogP contribution in [0.3, 0.4) is 0 Å². The Morgan fingerprint density at radius 3 is 1.42 bits per heavy atom. The van der Waals surface area contributed by atoms with Gasteiger partial charge in [-0.25, -0.2) is 9.97 Å². The molecular weight excluding hydrogens is 300 g/mol. The molecule has 120 valence electrons. The third kappa shape index (κ3) is 2.50. The summed E-state index contributed by atoms with van der Waals surface area (Å²) in [5, 5.41) is 0. The fourth-order valence-electron chi connectivity index (χ4n) is 2.68. The Labute approximate surface area is 139 Å². The SMILES string of the molecule is Cc1cc2nc(C=Cc3nc4cc(C)c(C)cc4o3)oc2cc1C. The summed E-state index contributed by atoms with van der Waals surface area (Å²) in [5.41, 5.74) is 8.11. The highest BCUT2D eigenvalue weighted by atomic mass is 16.4. The van der Waals surface area contributed by atoms with E-state index in [2.05, 4.69) is 37.7 Å². The van der Waals surface area contributed by atoms with Gasteiger partial charge in [0.05, 0.1) is 0 Å². The molecule has 0 unspecified atom stereocenters. The number of hydrogen-bond acceptors (Lipinski definition) is 4. The van der Waals surface area contributed by atoms with Crippen LogP contribution in [-0.2, 0) is 0 Å². The van der Waals surface area contributed by atoms with E-state index in [1.807, 2.05) is 24.3 Å². The van der Waals surface area contributed by atoms with Crippen LogP contribution < -0.4 is 0 Å². The van der Waals surface area contributed by atoms with E-state index in [0.717, 1.165) is 22.2 Å². The number of benzene rings is 2. The van der Waals surface area contributed by atoms with Crippen molar-refractivity contribution in [2.24, 2.45) is 0 Å². The van der Waals surface area contributed by atoms with Crippen molar-refractivity contribution in [2.45, 2.75) is 27.7 Å². The summed E-state index contributed by atoms with van der Waals surface area (Å²) in [5.74, 6) is 1.09. The first-order valence-electron chi connectivity index (χ1n) is 7.93. The molecule has 2 aromatic heterocycles. The van der Waals surface area contributed by atoms with E-state index in [1.54, 1.807) is 12.2 Å². The van der Waals surface area contributed by atoms with E-state index >= 15 is 0 Å². The molecule has 0 amide bonds. The molecule has 0 aliphatic rings. The summed E-state index contributed by atoms with van der Waals surface area (Å²) in [7, 11) is 0. The predicted octanol–water partition coefficient (Wildman–Crippen LogP) is 5.37. The van der Waals surface area contributed by atoms with Gasteiger partial charge in [-0.15, -0.1) is 0 Å². The fraction of sp³-hybridized carbons (Fsp3) is 0.200. The molecule has 0 saturated carbocycles. The molecule has 2 heterocycles. The second kappa shape index (κ2) is 5.34. The van der Waals surface area contributed by atoms with Crippen molar-refractivity contribution in [2.75, 3.05) is 0 Å². The van der Waals surface area contributed by atoms with Crippen molar-refractivity contribution in [1.82, 2.24) is 9.97 Å². The molecule has 4 heteroatoms. The van der Waals surface area contributed by atoms with E-state index in [9.17, 15) is 0 Å². The van der Waals surface area contributed by atoms with Crippen LogP contribution in [0, 0.1) is 27.7 Å². The lowest BCUT2D eigenvalue weighted by Gasteiger charge is -1.96. The zero-order valence-corrected chi connectivity index (χ0v) is 14.2. The predicted molar refractivity (Wildman–Crippen MR) is 95.9 cm³/mol. The maximum absolute atomic E-state index is 5.77. The molecule has 0 radical (unpaired) electrons. The monoisotopic (exact) mass is 318 g/mol. The lowest BCUT2D eigenvalue weighted by Crippen LogP contribution is -1.79. The molecule has 0 saturated heterocycles. The van der Waals surface area contributed by atoms with Gasteiger partial charge in [-0.1, -0.05) is 0 Å². The summed E-state index contributed by atoms with van der Waals surface area (Å²) in [6, 6.07) is 8.10. The molecule has 2 aromatic carbocycles. The van der Waals surface area contributed by atoms with Crippen molar-refractivity contribution in [3.8, 4) is 0 Å². The second-order valence-corrected chi connectivity index (χ2v) is 6.25. The van der Waals surface area contributed by atoms with Gasteiger partial charge < -0.3 is 8.83 Å². The molecule has 4 aromatic rings. The molecule has 0 aliphatic heterocycles. The Hall–Kier alpha value is -2.88. The van der Waals surface area contributed by atoms with E-state index in [1.165, 1.54) is 22.3 Å². The largest absolute Gasteiger partial charge is 0.437 e. The van der Waals surface area contributed by atoms with Crippen LogP contribution in [0.5, 0.6) is 0 Å². The van der Waals surface area contributed by atoms with Crippen LogP contribution in [0.1, 0.15) is 34.0 Å². The first-order valence-corrected chi connectivity index (χ1v) is 7.93. The van der Waals surface area contributed by atoms with E-state index < -0.39 is 0 Å². The van der Waals surface area contributed by atoms with Gasteiger partial charge in [-0.2, -0.15) is 0 Å². The molecule has 0 spiro atoms. The topological polar surface area (TPSA) is 52.1 Å². The minimum atomic E-state index is 0.546. The lowest BCUT2D eigenvalue weighted by atomic mass is 10.1. The van der Waals surface area contributed by atoms with Gasteiger partial charge in [-0.3, -0.25) is 0 Å². The van der Waals surface area contributed by atoms with Gasteiger partial charge in [0.25, 0.3) is 0 Å². The van der Waals surface area contributed by atoms with Gasteiger partial charge in [0, 0.05) is 12.2 Å². The number of hydrogen-bond donors (Lipinski definition) is 0. The smallest absolute Gasteiger partial charge is 0.220 e. The number of rotatable bonds is 2. The van der Waals surface area contributed by atoms with Crippen molar-refractivity contribution < 1.29 is 8.83 Å². The van der Waals surface area contributed by atoms with Crippen LogP contribution in [-0.4, -0.2) is 9.97 Å². The maximum Gasteiger partial charge on any atom is 0.220 e. The summed E-state index contributed by atoms with van der Waals surface area (Å²) >= 11 is 0. The summed E-state index contributed by atoms with van der Waals surface area (Å²) in [6.45, 7) is 8.27. The fourth-order valence-corrected chi connectivity index (χ4v) is 2.68. The first kappa shape index (κ1) is 14.7. The number of aromatic nitrogens is 2. The Kier molecular flexibility index (Phi) is 3.27. The minimum Gasteiger partial charge on any atom is -0.437 e. The van der Waals surface area contributed by atoms with Gasteiger partial charge in [0.15, 0.2) is 11.2 Å². The number of nitrogens with zero attached hydrogens (tertiary/aromatic N) is 2. The summed E-state index contributed by atoms with van der Waals surface area (Å²) < 4.78 is 11.5. The highest BCUT2D eigenvalue weighted by Crippen LogP contribution is 2.23. The number of oxazole rings is 2. The zero-order valence-electron chi connectivity index (χ0n) is 14.2. The van der Waals surface area contributed by atoms with Crippen molar-refractivity contribution in [3.05, 3.63) is 58.3 Å². The Morgan fingerprint density at radius 1 is 0.625 bits per heavy atom. The lowest BCUT2D eigenvalue weighted by molar-refractivity contribution is 0.583. The Morgan fingerprint density at radius 2 is 1.00 bits per heavy atom. The Balaban J connectivity index is 1.69. The quantitative estimate of drug-likeness (QED) is 0.498. The highest BCUT2D eigenvalue weighted by Gasteiger charge is 2.08. The minimum absolute atomic E-state index is 0.546. The standard InChI is InChI=1S/C20H18N2O2/c1-11-7-15-17(9-13(11)3)23-19(21-15)5-6-20-22-16-8-12(2)14(4)10-18(16)24-20/h5-10H,1-4H3. The van der Waals surface area contributed by atoms with Crippen molar-refractivity contribution in [1.29, 1.82) is 0 Å². The van der Waals surface area contributed by atoms with Crippen LogP contribution in [0.25, 0.3) is 34.4 Å². The molecule has 4 nitrogen and oxygen atoms in total. The summed E-state index contributed by atoms with van der Waals surface area (Å²) in [4.78, 5) is 8.98. The maximum atomic E-state index is 5.77. The van der Waals surface area contributed by atoms with Crippen molar-refractivity contribution >= 4 is 34.4 Å². The molecule has 0 N–H and O–H groups in total. The van der Waals surface area contributed by atoms with Crippen LogP contribution >= 0.6 is 0 Å². The third-order valence-electron chi connectivity index (χ3n) is 4.41. The average molecular weight is 318 g/mol. The first-order chi connectivity index (χ1) is 11.5. The van der Waals surface area contributed by atoms with Gasteiger partial charge in [0.2, 0.25) is 11.8 Å². The second-order valence-electron chi connectivity index (χ2n) is 6.25. The molecule has 0 atom stereocenters. The summed E-state index contributed by atoms with van der Waals surface area (Å²) in [6.07, 6.45) is 3.57. The Bertz CT molecular complexity index is 934. The molecule has 0 fully saturated rings.